The van der Waals surface area contributed by atoms with Gasteiger partial charge in [0.25, 0.3) is 0 Å². The monoisotopic (exact) mass is 986 g/mol. The molecule has 2 aliphatic carbocycles. The number of nitrogens with two attached hydrogens (primary N) is 1. The molecule has 11 N–H and O–H groups in total. The summed E-state index contributed by atoms with van der Waals surface area (Å²) in [6.45, 7) is 11.6. The molecule has 3 aromatic rings. The van der Waals surface area contributed by atoms with Gasteiger partial charge in [-0.3, -0.25) is 14.9 Å². The third kappa shape index (κ3) is 12.1. The van der Waals surface area contributed by atoms with Crippen molar-refractivity contribution in [2.45, 2.75) is 147 Å². The van der Waals surface area contributed by atoms with Gasteiger partial charge in [0.05, 0.1) is 30.5 Å². The Morgan fingerprint density at radius 2 is 1.69 bits per heavy atom. The third-order valence-electron chi connectivity index (χ3n) is 16.6. The maximum atomic E-state index is 14.9. The number of hydrogen-bond donors (Lipinski definition) is 10. The van der Waals surface area contributed by atoms with Gasteiger partial charge in [0.15, 0.2) is 5.78 Å². The minimum atomic E-state index is -1.36. The zero-order chi connectivity index (χ0) is 51.9. The second-order valence-electron chi connectivity index (χ2n) is 21.6. The number of ketones is 1. The topological polar surface area (TPSA) is 226 Å². The number of phenolic OH excluding ortho intramolecular Hbond substituents is 1. The minimum Gasteiger partial charge on any atom is -0.508 e. The predicted octanol–water partition coefficient (Wildman–Crippen LogP) is 6.93. The molecule has 2 fully saturated rings. The standard InChI is InChI=1S/C60H79N3O9/c1-36(2)10-6-11-37(3)12-7-16-44(35-65)49-23-26-60(56(49)70)51-21-20-46(66)30-40-14-8-13-39(28-40)29-45(31-41-18-19-47(67)32-42(41)24-27-64)53(69)34-62-55-54-43(15-9-17-50(54)57(61)63-58(55)71)33-52(68)38(4)48(51)22-25-59(60,5)72/h7-10,12-19,28,32,45-46,49,51,53,55-57,62,64-67,69-70,72H,3,6,11,20-27,29-31,33-35,61H2,1-2,4-5H3,(H,63,71)/b12-7+,44-16-,48-38+/t45-,46+,49-,51-,53-,55-,56-,57-,59-,60-/m1/s1. The lowest BCUT2D eigenvalue weighted by atomic mass is 9.52. The van der Waals surface area contributed by atoms with E-state index in [0.717, 1.165) is 46.2 Å². The van der Waals surface area contributed by atoms with E-state index in [2.05, 4.69) is 37.1 Å². The van der Waals surface area contributed by atoms with Crippen molar-refractivity contribution in [1.29, 1.82) is 0 Å². The smallest absolute Gasteiger partial charge is 0.243 e. The molecule has 7 rings (SSSR count). The van der Waals surface area contributed by atoms with E-state index in [4.69, 9.17) is 5.73 Å². The highest BCUT2D eigenvalue weighted by Crippen LogP contribution is 2.63. The molecule has 12 nitrogen and oxygen atoms in total. The molecule has 1 spiro atoms. The number of aromatic hydroxyl groups is 1. The lowest BCUT2D eigenvalue weighted by Crippen LogP contribution is -2.59. The first-order valence-electron chi connectivity index (χ1n) is 26.1. The Morgan fingerprint density at radius 1 is 0.944 bits per heavy atom. The van der Waals surface area contributed by atoms with Crippen molar-refractivity contribution in [1.82, 2.24) is 10.6 Å². The van der Waals surface area contributed by atoms with Gasteiger partial charge in [0.2, 0.25) is 5.91 Å². The number of Topliss-reactive ketones (excluding diaryl/α,β-unsaturated/α-hetero) is 1. The van der Waals surface area contributed by atoms with Crippen LogP contribution in [0.25, 0.3) is 0 Å². The average Bonchev–Trinajstić information content (AvgIpc) is 3.67. The molecular formula is C60H79N3O9. The van der Waals surface area contributed by atoms with Crippen molar-refractivity contribution in [3.05, 3.63) is 158 Å². The van der Waals surface area contributed by atoms with E-state index in [1.807, 2.05) is 73.7 Å². The van der Waals surface area contributed by atoms with Crippen LogP contribution in [0.5, 0.6) is 5.75 Å². The summed E-state index contributed by atoms with van der Waals surface area (Å²) in [5.74, 6) is -1.85. The van der Waals surface area contributed by atoms with E-state index in [9.17, 15) is 45.3 Å². The average molecular weight is 986 g/mol. The molecule has 0 saturated heterocycles. The Labute approximate surface area is 426 Å². The number of β-amino-alcohol motifs (C(OH)–C–C–N with tert-alkyl or cyclic N) is 1. The van der Waals surface area contributed by atoms with E-state index in [1.54, 1.807) is 19.1 Å². The highest BCUT2D eigenvalue weighted by atomic mass is 16.3. The van der Waals surface area contributed by atoms with Crippen LogP contribution in [0.15, 0.2) is 119 Å². The molecule has 2 saturated carbocycles. The van der Waals surface area contributed by atoms with Gasteiger partial charge in [-0.1, -0.05) is 96.1 Å². The Morgan fingerprint density at radius 3 is 2.43 bits per heavy atom. The van der Waals surface area contributed by atoms with E-state index >= 15 is 0 Å². The van der Waals surface area contributed by atoms with E-state index < -0.39 is 59.3 Å². The molecule has 4 aliphatic rings. The van der Waals surface area contributed by atoms with Crippen molar-refractivity contribution in [2.24, 2.45) is 28.9 Å². The largest absolute Gasteiger partial charge is 0.508 e. The predicted molar refractivity (Wildman–Crippen MR) is 281 cm³/mol. The fourth-order valence-electron chi connectivity index (χ4n) is 12.6. The molecule has 1 amide bonds. The summed E-state index contributed by atoms with van der Waals surface area (Å²) in [5, 5.41) is 86.8. The number of rotatable bonds is 11. The van der Waals surface area contributed by atoms with E-state index in [1.165, 1.54) is 5.57 Å². The van der Waals surface area contributed by atoms with E-state index in [-0.39, 0.29) is 43.6 Å². The number of aliphatic hydroxyl groups excluding tert-OH is 5. The van der Waals surface area contributed by atoms with Gasteiger partial charge in [0.1, 0.15) is 18.0 Å². The van der Waals surface area contributed by atoms with Crippen molar-refractivity contribution < 1.29 is 45.3 Å². The first kappa shape index (κ1) is 54.7. The van der Waals surface area contributed by atoms with Crippen LogP contribution >= 0.6 is 0 Å². The van der Waals surface area contributed by atoms with Gasteiger partial charge in [-0.05, 0) is 179 Å². The van der Waals surface area contributed by atoms with Gasteiger partial charge in [-0.25, -0.2) is 0 Å². The number of carbonyl (C=O) groups excluding carboxylic acids is 2. The number of fused-ring (bicyclic) bond motifs is 4. The van der Waals surface area contributed by atoms with Crippen molar-refractivity contribution >= 4 is 11.7 Å². The molecule has 0 aromatic heterocycles. The molecular weight excluding hydrogens is 907 g/mol. The molecule has 0 radical (unpaired) electrons. The number of allylic oxidation sites excluding steroid dienone is 8. The van der Waals surface area contributed by atoms with Crippen LogP contribution in [-0.4, -0.2) is 91.1 Å². The Bertz CT molecular complexity index is 2570. The second kappa shape index (κ2) is 23.9. The van der Waals surface area contributed by atoms with Gasteiger partial charge in [0, 0.05) is 30.9 Å². The summed E-state index contributed by atoms with van der Waals surface area (Å²) >= 11 is 0. The lowest BCUT2D eigenvalue weighted by Gasteiger charge is -2.56. The quantitative estimate of drug-likeness (QED) is 0.0701. The highest BCUT2D eigenvalue weighted by molar-refractivity contribution is 5.98. The first-order valence-corrected chi connectivity index (χ1v) is 26.1. The molecule has 3 aromatic carbocycles. The number of aliphatic hydroxyl groups is 6. The molecule has 12 heteroatoms. The first-order chi connectivity index (χ1) is 34.4. The summed E-state index contributed by atoms with van der Waals surface area (Å²) in [6.07, 6.45) is 9.55. The van der Waals surface area contributed by atoms with Crippen LogP contribution in [0.2, 0.25) is 0 Å². The molecule has 0 unspecified atom stereocenters. The van der Waals surface area contributed by atoms with Gasteiger partial charge >= 0.3 is 0 Å². The highest BCUT2D eigenvalue weighted by Gasteiger charge is 2.64. The number of amides is 1. The zero-order valence-corrected chi connectivity index (χ0v) is 42.7. The van der Waals surface area contributed by atoms with Crippen LogP contribution in [0.4, 0.5) is 0 Å². The van der Waals surface area contributed by atoms with Crippen LogP contribution in [0.1, 0.15) is 130 Å². The van der Waals surface area contributed by atoms with Gasteiger partial charge < -0.3 is 46.8 Å². The molecule has 388 valence electrons. The van der Waals surface area contributed by atoms with Gasteiger partial charge in [-0.2, -0.15) is 0 Å². The zero-order valence-electron chi connectivity index (χ0n) is 42.7. The minimum absolute atomic E-state index is 0.0109. The van der Waals surface area contributed by atoms with Crippen molar-refractivity contribution in [2.75, 3.05) is 19.8 Å². The number of carbonyl (C=O) groups is 2. The SMILES string of the molecule is C=C(/C=C/C=C(/CO)[C@H]1CC[C@@]2([C@@H]3CC[C@H](O)Cc4cccc(c4)C[C@H](Cc4ccc(O)cc4CCO)[C@H](O)CN[C@H]4C(=O)N[C@@H](N)c5cccc(c54)CC(=O)/C(C)=C/3CC[C@@]2(C)O)[C@@H]1O)CCC=C(C)C. The Balaban J connectivity index is 1.28. The second-order valence-corrected chi connectivity index (χ2v) is 21.6. The number of nitrogens with one attached hydrogen (secondary N) is 2. The van der Waals surface area contributed by atoms with E-state index in [0.29, 0.717) is 92.0 Å². The Hall–Kier alpha value is -5.02. The maximum absolute atomic E-state index is 14.9. The summed E-state index contributed by atoms with van der Waals surface area (Å²) < 4.78 is 0. The maximum Gasteiger partial charge on any atom is 0.243 e. The van der Waals surface area contributed by atoms with Crippen molar-refractivity contribution in [3.63, 3.8) is 0 Å². The molecule has 2 bridgehead atoms. The lowest BCUT2D eigenvalue weighted by molar-refractivity contribution is -0.168. The fourth-order valence-corrected chi connectivity index (χ4v) is 12.6. The van der Waals surface area contributed by atoms with Crippen molar-refractivity contribution in [3.8, 4) is 5.75 Å². The number of hydrogen-bond acceptors (Lipinski definition) is 11. The summed E-state index contributed by atoms with van der Waals surface area (Å²) in [4.78, 5) is 28.9. The summed E-state index contributed by atoms with van der Waals surface area (Å²) in [6, 6.07) is 17.5. The normalized spacial score (nSPS) is 30.7. The van der Waals surface area contributed by atoms with Gasteiger partial charge in [-0.15, -0.1) is 0 Å². The molecule has 2 aliphatic heterocycles. The van der Waals surface area contributed by atoms with Crippen LogP contribution in [-0.2, 0) is 41.7 Å². The summed E-state index contributed by atoms with van der Waals surface area (Å²) in [5.41, 5.74) is 13.6. The number of phenols is 1. The fraction of sp³-hybridized carbons (Fsp3) is 0.500. The third-order valence-corrected chi connectivity index (χ3v) is 16.6. The molecule has 2 heterocycles. The summed E-state index contributed by atoms with van der Waals surface area (Å²) in [7, 11) is 0. The molecule has 10 atom stereocenters. The van der Waals surface area contributed by atoms with Crippen LogP contribution < -0.4 is 16.4 Å². The Kier molecular flexibility index (Phi) is 18.2. The van der Waals surface area contributed by atoms with Crippen LogP contribution in [0, 0.1) is 23.2 Å². The van der Waals surface area contributed by atoms with Crippen LogP contribution in [0.3, 0.4) is 0 Å². The number of benzene rings is 3. The molecule has 72 heavy (non-hydrogen) atoms.